The first-order chi connectivity index (χ1) is 41.7. The molecule has 3 heterocycles. The predicted octanol–water partition coefficient (Wildman–Crippen LogP) is 21.5. The molecule has 0 aliphatic carbocycles. The molecule has 0 unspecified atom stereocenters. The summed E-state index contributed by atoms with van der Waals surface area (Å²) in [6.45, 7) is 19.9. The Morgan fingerprint density at radius 2 is 0.976 bits per heavy atom. The SMILES string of the molecule is [2H]C([2H])([2H])c1cc(-n2c3[c-]c(Oc4[c-]c(N5[CH-]N(c6c(-c7ccc(C(C)(C)C)cc7)cccc6-c6cccc(-c7ccccc7)c6)c6ccccc65)cc(C(C)(C)C)c4)cc(-c4ccc(C(C)(C)C)cc4)c3c3ccccc32)ncc1-c1ccccc1.[Pt]. The average molecular weight is 1290 g/mol. The molecule has 0 saturated heterocycles. The van der Waals surface area contributed by atoms with Gasteiger partial charge in [0.2, 0.25) is 0 Å². The Bertz CT molecular complexity index is 4550. The van der Waals surface area contributed by atoms with Gasteiger partial charge in [-0.05, 0) is 109 Å². The third kappa shape index (κ3) is 10.9. The van der Waals surface area contributed by atoms with Gasteiger partial charge in [0.25, 0.3) is 0 Å². The van der Waals surface area contributed by atoms with E-state index < -0.39 is 6.85 Å². The van der Waals surface area contributed by atoms with Crippen LogP contribution in [-0.2, 0) is 37.3 Å². The van der Waals surface area contributed by atoms with Crippen LogP contribution in [0.5, 0.6) is 11.5 Å². The van der Waals surface area contributed by atoms with Gasteiger partial charge in [-0.2, -0.15) is 0 Å². The molecule has 0 radical (unpaired) electrons. The van der Waals surface area contributed by atoms with E-state index in [2.05, 4.69) is 267 Å². The summed E-state index contributed by atoms with van der Waals surface area (Å²) in [5, 5.41) is 1.92. The minimum atomic E-state index is -2.44. The average Bonchev–Trinajstić information content (AvgIpc) is 1.79. The van der Waals surface area contributed by atoms with Gasteiger partial charge in [-0.25, -0.2) is 4.98 Å². The van der Waals surface area contributed by atoms with Crippen LogP contribution in [0.2, 0.25) is 0 Å². The van der Waals surface area contributed by atoms with Gasteiger partial charge in [-0.3, -0.25) is 0 Å². The number of hydrogen-bond donors (Lipinski definition) is 0. The van der Waals surface area contributed by atoms with Crippen molar-refractivity contribution in [3.63, 3.8) is 0 Å². The fourth-order valence-electron chi connectivity index (χ4n) is 11.7. The molecule has 1 aliphatic rings. The van der Waals surface area contributed by atoms with Crippen molar-refractivity contribution in [2.45, 2.75) is 85.4 Å². The molecule has 424 valence electrons. The van der Waals surface area contributed by atoms with Crippen molar-refractivity contribution < 1.29 is 29.9 Å². The van der Waals surface area contributed by atoms with E-state index in [1.807, 2.05) is 47.0 Å². The Balaban J connectivity index is 0.00000754. The number of fused-ring (bicyclic) bond motifs is 4. The van der Waals surface area contributed by atoms with Crippen LogP contribution in [0.25, 0.3) is 83.3 Å². The molecule has 0 N–H and O–H groups in total. The zero-order valence-electron chi connectivity index (χ0n) is 52.5. The van der Waals surface area contributed by atoms with Crippen molar-refractivity contribution in [3.8, 4) is 73.0 Å². The first-order valence-corrected chi connectivity index (χ1v) is 29.0. The topological polar surface area (TPSA) is 33.5 Å². The van der Waals surface area contributed by atoms with Gasteiger partial charge in [0.05, 0.1) is 0 Å². The van der Waals surface area contributed by atoms with Gasteiger partial charge in [0, 0.05) is 82.1 Å². The van der Waals surface area contributed by atoms with E-state index >= 15 is 0 Å². The molecule has 13 rings (SSSR count). The third-order valence-electron chi connectivity index (χ3n) is 16.4. The molecule has 12 aromatic rings. The Hall–Kier alpha value is -8.76. The monoisotopic (exact) mass is 1290 g/mol. The number of pyridine rings is 1. The summed E-state index contributed by atoms with van der Waals surface area (Å²) in [6.07, 6.45) is 1.69. The zero-order chi connectivity index (χ0) is 60.6. The van der Waals surface area contributed by atoms with Crippen molar-refractivity contribution in [2.75, 3.05) is 9.80 Å². The molecule has 0 atom stereocenters. The molecule has 0 amide bonds. The molecular weight excluding hydrogens is 1220 g/mol. The maximum Gasteiger partial charge on any atom is 0.135 e. The fraction of sp³-hybridized carbons (Fsp3) is 0.165. The van der Waals surface area contributed by atoms with Crippen LogP contribution in [0.15, 0.2) is 231 Å². The Labute approximate surface area is 520 Å². The van der Waals surface area contributed by atoms with E-state index in [4.69, 9.17) is 13.8 Å². The van der Waals surface area contributed by atoms with Gasteiger partial charge in [0.1, 0.15) is 5.82 Å². The van der Waals surface area contributed by atoms with Gasteiger partial charge < -0.3 is 19.1 Å². The fourth-order valence-corrected chi connectivity index (χ4v) is 11.7. The summed E-state index contributed by atoms with van der Waals surface area (Å²) < 4.78 is 35.7. The summed E-state index contributed by atoms with van der Waals surface area (Å²) in [5.41, 5.74) is 18.8. The van der Waals surface area contributed by atoms with Crippen LogP contribution >= 0.6 is 0 Å². The number of rotatable bonds is 10. The second-order valence-corrected chi connectivity index (χ2v) is 25.2. The van der Waals surface area contributed by atoms with Crippen LogP contribution in [0, 0.1) is 25.7 Å². The smallest absolute Gasteiger partial charge is 0.135 e. The molecule has 5 nitrogen and oxygen atoms in total. The predicted molar refractivity (Wildman–Crippen MR) is 352 cm³/mol. The van der Waals surface area contributed by atoms with Crippen molar-refractivity contribution in [3.05, 3.63) is 272 Å². The minimum Gasteiger partial charge on any atom is -0.509 e. The van der Waals surface area contributed by atoms with Gasteiger partial charge >= 0.3 is 0 Å². The number of benzene rings is 10. The largest absolute Gasteiger partial charge is 0.509 e. The van der Waals surface area contributed by atoms with E-state index in [9.17, 15) is 0 Å². The van der Waals surface area contributed by atoms with Crippen LogP contribution in [0.3, 0.4) is 0 Å². The normalized spacial score (nSPS) is 13.3. The van der Waals surface area contributed by atoms with Crippen molar-refractivity contribution in [1.82, 2.24) is 9.55 Å². The molecule has 85 heavy (non-hydrogen) atoms. The van der Waals surface area contributed by atoms with Gasteiger partial charge in [0.15, 0.2) is 0 Å². The van der Waals surface area contributed by atoms with Crippen LogP contribution < -0.4 is 14.5 Å². The number of aryl methyl sites for hydroxylation is 1. The molecule has 1 aliphatic heterocycles. The first kappa shape index (κ1) is 53.0. The molecule has 6 heteroatoms. The number of hydrogen-bond acceptors (Lipinski definition) is 4. The number of aromatic nitrogens is 2. The number of anilines is 4. The molecular formula is C79H69N4OPt-3. The standard InChI is InChI=1S/C79H69N4O.Pt/c1-52-43-74(80-50-69(52)54-25-15-12-16-26-54)83-70-32-18-17-29-67(70)75-68(56-37-41-60(42-38-56)78(5,6)7)48-64(49-73(75)83)84-63-46-61(79(8,9)10)45-62(47-63)81-51-82(72-34-20-19-33-71(72)81)76-65(55-35-39-59(40-36-55)77(2,3)4)30-22-31-66(76)58-28-21-27-57(44-58)53-23-13-11-14-24-53;/h11-46,48,50-51H,1-10H3;/q-3;/i1D3;. The van der Waals surface area contributed by atoms with Crippen molar-refractivity contribution in [2.24, 2.45) is 0 Å². The summed E-state index contributed by atoms with van der Waals surface area (Å²) in [6, 6.07) is 86.0. The van der Waals surface area contributed by atoms with Crippen LogP contribution in [-0.4, -0.2) is 9.55 Å². The summed E-state index contributed by atoms with van der Waals surface area (Å²) in [4.78, 5) is 9.66. The van der Waals surface area contributed by atoms with E-state index in [-0.39, 0.29) is 42.9 Å². The molecule has 2 aromatic heterocycles. The van der Waals surface area contributed by atoms with E-state index in [1.165, 1.54) is 11.1 Å². The van der Waals surface area contributed by atoms with Crippen molar-refractivity contribution >= 4 is 44.6 Å². The molecule has 0 fully saturated rings. The Morgan fingerprint density at radius 3 is 1.62 bits per heavy atom. The summed E-state index contributed by atoms with van der Waals surface area (Å²) >= 11 is 0. The Kier molecular flexibility index (Phi) is 13.9. The van der Waals surface area contributed by atoms with Crippen LogP contribution in [0.4, 0.5) is 22.7 Å². The maximum atomic E-state index is 8.82. The minimum absolute atomic E-state index is 0. The molecule has 10 aromatic carbocycles. The molecule has 0 bridgehead atoms. The molecule has 0 spiro atoms. The first-order valence-electron chi connectivity index (χ1n) is 30.5. The Morgan fingerprint density at radius 1 is 0.447 bits per heavy atom. The van der Waals surface area contributed by atoms with E-state index in [0.717, 1.165) is 94.7 Å². The summed E-state index contributed by atoms with van der Waals surface area (Å²) in [7, 11) is 0. The van der Waals surface area contributed by atoms with Gasteiger partial charge in [-0.1, -0.05) is 249 Å². The van der Waals surface area contributed by atoms with Crippen molar-refractivity contribution in [1.29, 1.82) is 0 Å². The van der Waals surface area contributed by atoms with E-state index in [1.54, 1.807) is 12.3 Å². The quantitative estimate of drug-likeness (QED) is 0.128. The molecule has 0 saturated carbocycles. The van der Waals surface area contributed by atoms with E-state index in [0.29, 0.717) is 28.4 Å². The second-order valence-electron chi connectivity index (χ2n) is 25.2. The number of para-hydroxylation sites is 4. The van der Waals surface area contributed by atoms with Crippen LogP contribution in [0.1, 0.15) is 88.7 Å². The zero-order valence-corrected chi connectivity index (χ0v) is 51.8. The maximum absolute atomic E-state index is 8.82. The van der Waals surface area contributed by atoms with Gasteiger partial charge in [-0.15, -0.1) is 53.8 Å². The second kappa shape index (κ2) is 22.3. The summed E-state index contributed by atoms with van der Waals surface area (Å²) in [5.74, 6) is 1.44. The number of nitrogens with zero attached hydrogens (tertiary/aromatic N) is 4. The third-order valence-corrected chi connectivity index (χ3v) is 16.4. The number of ether oxygens (including phenoxy) is 1.